The number of hydrogen-bond donors (Lipinski definition) is 0. The van der Waals surface area contributed by atoms with Crippen molar-refractivity contribution in [3.8, 4) is 11.4 Å². The van der Waals surface area contributed by atoms with Crippen molar-refractivity contribution in [3.05, 3.63) is 71.1 Å². The van der Waals surface area contributed by atoms with E-state index >= 15 is 0 Å². The molecule has 1 fully saturated rings. The summed E-state index contributed by atoms with van der Waals surface area (Å²) in [7, 11) is 0. The van der Waals surface area contributed by atoms with Crippen molar-refractivity contribution in [2.75, 3.05) is 6.54 Å². The van der Waals surface area contributed by atoms with Gasteiger partial charge in [-0.1, -0.05) is 47.1 Å². The number of rotatable bonds is 3. The summed E-state index contributed by atoms with van der Waals surface area (Å²) in [5.41, 5.74) is 3.79. The lowest BCUT2D eigenvalue weighted by Crippen LogP contribution is -2.31. The SMILES string of the molecule is Cc1cccc(-c2noc(C3CCCN3C(=O)c3ccccc3C)n2)c1. The van der Waals surface area contributed by atoms with E-state index < -0.39 is 0 Å². The number of carbonyl (C=O) groups excluding carboxylic acids is 1. The first-order valence-electron chi connectivity index (χ1n) is 8.91. The van der Waals surface area contributed by atoms with Gasteiger partial charge in [-0.3, -0.25) is 4.79 Å². The van der Waals surface area contributed by atoms with Crippen molar-refractivity contribution in [1.29, 1.82) is 0 Å². The van der Waals surface area contributed by atoms with Crippen molar-refractivity contribution in [3.63, 3.8) is 0 Å². The first-order chi connectivity index (χ1) is 12.6. The third-order valence-corrected chi connectivity index (χ3v) is 4.89. The Morgan fingerprint density at radius 3 is 2.81 bits per heavy atom. The van der Waals surface area contributed by atoms with Crippen LogP contribution in [0, 0.1) is 13.8 Å². The van der Waals surface area contributed by atoms with Crippen LogP contribution in [0.25, 0.3) is 11.4 Å². The molecule has 3 aromatic rings. The van der Waals surface area contributed by atoms with Crippen molar-refractivity contribution in [2.24, 2.45) is 0 Å². The molecule has 1 aliphatic rings. The Hall–Kier alpha value is -2.95. The zero-order chi connectivity index (χ0) is 18.1. The molecule has 5 heteroatoms. The summed E-state index contributed by atoms with van der Waals surface area (Å²) in [6, 6.07) is 15.5. The predicted octanol–water partition coefficient (Wildman–Crippen LogP) is 4.33. The zero-order valence-corrected chi connectivity index (χ0v) is 15.0. The third-order valence-electron chi connectivity index (χ3n) is 4.89. The molecule has 5 nitrogen and oxygen atoms in total. The highest BCUT2D eigenvalue weighted by Gasteiger charge is 2.35. The van der Waals surface area contributed by atoms with Gasteiger partial charge in [0.15, 0.2) is 0 Å². The topological polar surface area (TPSA) is 59.2 Å². The normalized spacial score (nSPS) is 16.8. The molecular weight excluding hydrogens is 326 g/mol. The Morgan fingerprint density at radius 1 is 1.15 bits per heavy atom. The molecule has 1 unspecified atom stereocenters. The minimum atomic E-state index is -0.159. The smallest absolute Gasteiger partial charge is 0.254 e. The molecule has 2 heterocycles. The Labute approximate surface area is 152 Å². The number of likely N-dealkylation sites (tertiary alicyclic amines) is 1. The van der Waals surface area contributed by atoms with Crippen LogP contribution in [-0.4, -0.2) is 27.5 Å². The first kappa shape index (κ1) is 16.5. The molecule has 1 saturated heterocycles. The molecule has 1 aromatic heterocycles. The lowest BCUT2D eigenvalue weighted by atomic mass is 10.1. The van der Waals surface area contributed by atoms with Gasteiger partial charge in [0.2, 0.25) is 11.7 Å². The number of nitrogens with zero attached hydrogens (tertiary/aromatic N) is 3. The average molecular weight is 347 g/mol. The van der Waals surface area contributed by atoms with Crippen LogP contribution < -0.4 is 0 Å². The second-order valence-electron chi connectivity index (χ2n) is 6.80. The van der Waals surface area contributed by atoms with E-state index in [-0.39, 0.29) is 11.9 Å². The maximum Gasteiger partial charge on any atom is 0.254 e. The summed E-state index contributed by atoms with van der Waals surface area (Å²) in [6.07, 6.45) is 1.78. The summed E-state index contributed by atoms with van der Waals surface area (Å²) >= 11 is 0. The Kier molecular flexibility index (Phi) is 4.29. The van der Waals surface area contributed by atoms with E-state index in [0.717, 1.165) is 35.1 Å². The fraction of sp³-hybridized carbons (Fsp3) is 0.286. The Balaban J connectivity index is 1.61. The minimum absolute atomic E-state index is 0.0286. The van der Waals surface area contributed by atoms with Crippen LogP contribution in [0.15, 0.2) is 53.1 Å². The molecule has 0 N–H and O–H groups in total. The highest BCUT2D eigenvalue weighted by Crippen LogP contribution is 2.33. The van der Waals surface area contributed by atoms with E-state index in [2.05, 4.69) is 10.1 Å². The quantitative estimate of drug-likeness (QED) is 0.707. The molecular formula is C21H21N3O2. The van der Waals surface area contributed by atoms with E-state index in [9.17, 15) is 4.79 Å². The second kappa shape index (κ2) is 6.75. The summed E-state index contributed by atoms with van der Waals surface area (Å²) in [6.45, 7) is 4.70. The van der Waals surface area contributed by atoms with Crippen molar-refractivity contribution >= 4 is 5.91 Å². The van der Waals surface area contributed by atoms with E-state index in [1.54, 1.807) is 0 Å². The lowest BCUT2D eigenvalue weighted by Gasteiger charge is -2.22. The van der Waals surface area contributed by atoms with Gasteiger partial charge in [0.1, 0.15) is 6.04 Å². The van der Waals surface area contributed by atoms with Crippen LogP contribution in [-0.2, 0) is 0 Å². The van der Waals surface area contributed by atoms with Crippen LogP contribution in [0.4, 0.5) is 0 Å². The molecule has 4 rings (SSSR count). The molecule has 0 radical (unpaired) electrons. The molecule has 1 amide bonds. The zero-order valence-electron chi connectivity index (χ0n) is 15.0. The van der Waals surface area contributed by atoms with Gasteiger partial charge in [-0.2, -0.15) is 4.98 Å². The van der Waals surface area contributed by atoms with Crippen molar-refractivity contribution in [1.82, 2.24) is 15.0 Å². The van der Waals surface area contributed by atoms with Crippen LogP contribution in [0.5, 0.6) is 0 Å². The average Bonchev–Trinajstić information content (AvgIpc) is 3.31. The molecule has 0 spiro atoms. The molecule has 0 saturated carbocycles. The predicted molar refractivity (Wildman–Crippen MR) is 98.7 cm³/mol. The van der Waals surface area contributed by atoms with Gasteiger partial charge in [0, 0.05) is 17.7 Å². The lowest BCUT2D eigenvalue weighted by molar-refractivity contribution is 0.0709. The highest BCUT2D eigenvalue weighted by molar-refractivity contribution is 5.96. The standard InChI is InChI=1S/C21H21N3O2/c1-14-7-5-9-16(13-14)19-22-20(26-23-19)18-11-6-12-24(18)21(25)17-10-4-3-8-15(17)2/h3-5,7-10,13,18H,6,11-12H2,1-2H3. The van der Waals surface area contributed by atoms with Gasteiger partial charge < -0.3 is 9.42 Å². The molecule has 2 aromatic carbocycles. The van der Waals surface area contributed by atoms with E-state index in [4.69, 9.17) is 4.52 Å². The van der Waals surface area contributed by atoms with Gasteiger partial charge in [-0.05, 0) is 44.4 Å². The fourth-order valence-corrected chi connectivity index (χ4v) is 3.51. The van der Waals surface area contributed by atoms with Crippen LogP contribution in [0.1, 0.15) is 46.3 Å². The van der Waals surface area contributed by atoms with Crippen LogP contribution in [0.2, 0.25) is 0 Å². The van der Waals surface area contributed by atoms with Crippen molar-refractivity contribution < 1.29 is 9.32 Å². The Bertz CT molecular complexity index is 948. The maximum atomic E-state index is 13.0. The first-order valence-corrected chi connectivity index (χ1v) is 8.91. The molecule has 132 valence electrons. The highest BCUT2D eigenvalue weighted by atomic mass is 16.5. The van der Waals surface area contributed by atoms with E-state index in [0.29, 0.717) is 18.3 Å². The number of hydrogen-bond acceptors (Lipinski definition) is 4. The van der Waals surface area contributed by atoms with E-state index in [1.807, 2.05) is 67.3 Å². The number of aromatic nitrogens is 2. The molecule has 1 aliphatic heterocycles. The van der Waals surface area contributed by atoms with Gasteiger partial charge in [-0.25, -0.2) is 0 Å². The minimum Gasteiger partial charge on any atom is -0.337 e. The van der Waals surface area contributed by atoms with Gasteiger partial charge >= 0.3 is 0 Å². The summed E-state index contributed by atoms with van der Waals surface area (Å²) in [5, 5.41) is 4.13. The van der Waals surface area contributed by atoms with E-state index in [1.165, 1.54) is 0 Å². The van der Waals surface area contributed by atoms with Gasteiger partial charge in [-0.15, -0.1) is 0 Å². The number of benzene rings is 2. The second-order valence-corrected chi connectivity index (χ2v) is 6.80. The monoisotopic (exact) mass is 347 g/mol. The Morgan fingerprint density at radius 2 is 2.00 bits per heavy atom. The number of carbonyl (C=O) groups is 1. The number of amides is 1. The number of aryl methyl sites for hydroxylation is 2. The van der Waals surface area contributed by atoms with Crippen LogP contribution >= 0.6 is 0 Å². The van der Waals surface area contributed by atoms with Crippen molar-refractivity contribution in [2.45, 2.75) is 32.7 Å². The largest absolute Gasteiger partial charge is 0.337 e. The van der Waals surface area contributed by atoms with Crippen LogP contribution in [0.3, 0.4) is 0 Å². The van der Waals surface area contributed by atoms with Gasteiger partial charge in [0.25, 0.3) is 5.91 Å². The molecule has 26 heavy (non-hydrogen) atoms. The van der Waals surface area contributed by atoms with Gasteiger partial charge in [0.05, 0.1) is 0 Å². The fourth-order valence-electron chi connectivity index (χ4n) is 3.51. The molecule has 1 atom stereocenters. The summed E-state index contributed by atoms with van der Waals surface area (Å²) in [4.78, 5) is 19.4. The summed E-state index contributed by atoms with van der Waals surface area (Å²) < 4.78 is 5.53. The molecule has 0 aliphatic carbocycles. The summed E-state index contributed by atoms with van der Waals surface area (Å²) in [5.74, 6) is 1.11. The molecule has 0 bridgehead atoms. The maximum absolute atomic E-state index is 13.0. The third kappa shape index (κ3) is 3.01.